The van der Waals surface area contributed by atoms with Crippen molar-refractivity contribution in [2.75, 3.05) is 30.4 Å². The quantitative estimate of drug-likeness (QED) is 0.836. The van der Waals surface area contributed by atoms with Crippen LogP contribution in [0.25, 0.3) is 0 Å². The van der Waals surface area contributed by atoms with E-state index in [0.717, 1.165) is 44.2 Å². The van der Waals surface area contributed by atoms with Gasteiger partial charge in [0.15, 0.2) is 0 Å². The molecule has 0 bridgehead atoms. The van der Waals surface area contributed by atoms with Crippen molar-refractivity contribution in [1.29, 1.82) is 0 Å². The molecule has 0 aromatic carbocycles. The predicted molar refractivity (Wildman–Crippen MR) is 68.3 cm³/mol. The van der Waals surface area contributed by atoms with Gasteiger partial charge < -0.3 is 15.4 Å². The lowest BCUT2D eigenvalue weighted by molar-refractivity contribution is 0.0657. The summed E-state index contributed by atoms with van der Waals surface area (Å²) in [5, 5.41) is 6.67. The van der Waals surface area contributed by atoms with Gasteiger partial charge in [-0.25, -0.2) is 9.97 Å². The number of anilines is 2. The van der Waals surface area contributed by atoms with Crippen LogP contribution in [0.2, 0.25) is 0 Å². The minimum Gasteiger partial charge on any atom is -0.381 e. The summed E-state index contributed by atoms with van der Waals surface area (Å²) in [6.45, 7) is 6.75. The lowest BCUT2D eigenvalue weighted by atomic mass is 9.92. The molecule has 0 atom stereocenters. The highest BCUT2D eigenvalue weighted by molar-refractivity contribution is 5.47. The first-order valence-electron chi connectivity index (χ1n) is 6.14. The number of nitrogens with one attached hydrogen (secondary N) is 2. The van der Waals surface area contributed by atoms with Crippen molar-refractivity contribution in [2.24, 2.45) is 0 Å². The molecule has 5 heteroatoms. The van der Waals surface area contributed by atoms with Gasteiger partial charge in [0.05, 0.1) is 0 Å². The molecule has 1 aromatic rings. The van der Waals surface area contributed by atoms with Gasteiger partial charge >= 0.3 is 0 Å². The first kappa shape index (κ1) is 12.1. The fraction of sp³-hybridized carbons (Fsp3) is 0.667. The summed E-state index contributed by atoms with van der Waals surface area (Å²) in [6, 6.07) is 1.95. The predicted octanol–water partition coefficient (Wildman–Crippen LogP) is 1.89. The average molecular weight is 236 g/mol. The molecule has 2 N–H and O–H groups in total. The van der Waals surface area contributed by atoms with E-state index >= 15 is 0 Å². The molecular formula is C12H20N4O. The highest BCUT2D eigenvalue weighted by atomic mass is 16.5. The summed E-state index contributed by atoms with van der Waals surface area (Å²) in [5.41, 5.74) is 0.0795. The lowest BCUT2D eigenvalue weighted by Gasteiger charge is -2.34. The minimum absolute atomic E-state index is 0.0795. The van der Waals surface area contributed by atoms with Crippen molar-refractivity contribution in [3.05, 3.63) is 12.4 Å². The Kier molecular flexibility index (Phi) is 3.78. The maximum absolute atomic E-state index is 5.38. The number of nitrogens with zero attached hydrogens (tertiary/aromatic N) is 2. The topological polar surface area (TPSA) is 59.1 Å². The SMILES string of the molecule is CCNc1cc(NC2(C)CCOCC2)ncn1. The number of ether oxygens (including phenoxy) is 1. The second-order valence-corrected chi connectivity index (χ2v) is 4.62. The molecule has 0 unspecified atom stereocenters. The van der Waals surface area contributed by atoms with E-state index in [2.05, 4.69) is 34.4 Å². The standard InChI is InChI=1S/C12H20N4O/c1-3-13-10-8-11(15-9-14-10)16-12(2)4-6-17-7-5-12/h8-9H,3-7H2,1-2H3,(H2,13,14,15,16). The van der Waals surface area contributed by atoms with Crippen LogP contribution < -0.4 is 10.6 Å². The molecule has 1 fully saturated rings. The Balaban J connectivity index is 2.04. The summed E-state index contributed by atoms with van der Waals surface area (Å²) in [4.78, 5) is 8.42. The van der Waals surface area contributed by atoms with Crippen molar-refractivity contribution in [2.45, 2.75) is 32.2 Å². The molecule has 1 aliphatic heterocycles. The van der Waals surface area contributed by atoms with Crippen LogP contribution in [0.1, 0.15) is 26.7 Å². The van der Waals surface area contributed by atoms with Crippen LogP contribution in [0.5, 0.6) is 0 Å². The minimum atomic E-state index is 0.0795. The van der Waals surface area contributed by atoms with Crippen LogP contribution >= 0.6 is 0 Å². The monoisotopic (exact) mass is 236 g/mol. The number of aromatic nitrogens is 2. The summed E-state index contributed by atoms with van der Waals surface area (Å²) in [7, 11) is 0. The lowest BCUT2D eigenvalue weighted by Crippen LogP contribution is -2.40. The van der Waals surface area contributed by atoms with Crippen LogP contribution in [0.4, 0.5) is 11.6 Å². The Morgan fingerprint density at radius 2 is 2.00 bits per heavy atom. The molecule has 0 amide bonds. The van der Waals surface area contributed by atoms with Crippen LogP contribution in [0, 0.1) is 0 Å². The van der Waals surface area contributed by atoms with Gasteiger partial charge in [-0.2, -0.15) is 0 Å². The Morgan fingerprint density at radius 1 is 1.29 bits per heavy atom. The maximum atomic E-state index is 5.38. The van der Waals surface area contributed by atoms with E-state index in [0.29, 0.717) is 0 Å². The largest absolute Gasteiger partial charge is 0.381 e. The van der Waals surface area contributed by atoms with E-state index in [1.807, 2.05) is 6.07 Å². The van der Waals surface area contributed by atoms with Crippen molar-refractivity contribution in [1.82, 2.24) is 9.97 Å². The molecule has 0 spiro atoms. The van der Waals surface area contributed by atoms with Gasteiger partial charge in [0.25, 0.3) is 0 Å². The normalized spacial score (nSPS) is 18.7. The van der Waals surface area contributed by atoms with Gasteiger partial charge in [-0.15, -0.1) is 0 Å². The fourth-order valence-corrected chi connectivity index (χ4v) is 1.96. The van der Waals surface area contributed by atoms with Crippen LogP contribution in [-0.2, 0) is 4.74 Å². The van der Waals surface area contributed by atoms with E-state index in [1.54, 1.807) is 6.33 Å². The van der Waals surface area contributed by atoms with Crippen LogP contribution in [0.15, 0.2) is 12.4 Å². The van der Waals surface area contributed by atoms with E-state index in [9.17, 15) is 0 Å². The highest BCUT2D eigenvalue weighted by Gasteiger charge is 2.27. The Labute approximate surface area is 102 Å². The molecule has 2 heterocycles. The third-order valence-electron chi connectivity index (χ3n) is 3.05. The van der Waals surface area contributed by atoms with Crippen LogP contribution in [0.3, 0.4) is 0 Å². The zero-order valence-electron chi connectivity index (χ0n) is 10.5. The van der Waals surface area contributed by atoms with E-state index < -0.39 is 0 Å². The Morgan fingerprint density at radius 3 is 2.71 bits per heavy atom. The van der Waals surface area contributed by atoms with Gasteiger partial charge in [0, 0.05) is 31.4 Å². The number of hydrogen-bond donors (Lipinski definition) is 2. The molecule has 0 aliphatic carbocycles. The molecule has 5 nitrogen and oxygen atoms in total. The Hall–Kier alpha value is -1.36. The molecule has 1 aliphatic rings. The van der Waals surface area contributed by atoms with Crippen molar-refractivity contribution >= 4 is 11.6 Å². The first-order valence-corrected chi connectivity index (χ1v) is 6.14. The van der Waals surface area contributed by atoms with Gasteiger partial charge in [-0.05, 0) is 26.7 Å². The van der Waals surface area contributed by atoms with Gasteiger partial charge in [0.1, 0.15) is 18.0 Å². The third kappa shape index (κ3) is 3.30. The summed E-state index contributed by atoms with van der Waals surface area (Å²) < 4.78 is 5.38. The molecule has 94 valence electrons. The molecular weight excluding hydrogens is 216 g/mol. The fourth-order valence-electron chi connectivity index (χ4n) is 1.96. The van der Waals surface area contributed by atoms with Gasteiger partial charge in [0.2, 0.25) is 0 Å². The highest BCUT2D eigenvalue weighted by Crippen LogP contribution is 2.24. The van der Waals surface area contributed by atoms with Gasteiger partial charge in [-0.3, -0.25) is 0 Å². The number of rotatable bonds is 4. The van der Waals surface area contributed by atoms with E-state index in [-0.39, 0.29) is 5.54 Å². The third-order valence-corrected chi connectivity index (χ3v) is 3.05. The summed E-state index contributed by atoms with van der Waals surface area (Å²) >= 11 is 0. The van der Waals surface area contributed by atoms with Gasteiger partial charge in [-0.1, -0.05) is 0 Å². The molecule has 2 rings (SSSR count). The van der Waals surface area contributed by atoms with Crippen molar-refractivity contribution in [3.8, 4) is 0 Å². The molecule has 0 saturated carbocycles. The number of hydrogen-bond acceptors (Lipinski definition) is 5. The molecule has 1 aromatic heterocycles. The van der Waals surface area contributed by atoms with Crippen molar-refractivity contribution in [3.63, 3.8) is 0 Å². The van der Waals surface area contributed by atoms with E-state index in [1.165, 1.54) is 0 Å². The zero-order valence-corrected chi connectivity index (χ0v) is 10.5. The van der Waals surface area contributed by atoms with Crippen molar-refractivity contribution < 1.29 is 4.74 Å². The average Bonchev–Trinajstić information content (AvgIpc) is 2.30. The first-order chi connectivity index (χ1) is 8.22. The molecule has 1 saturated heterocycles. The summed E-state index contributed by atoms with van der Waals surface area (Å²) in [6.07, 6.45) is 3.60. The van der Waals surface area contributed by atoms with Crippen LogP contribution in [-0.4, -0.2) is 35.3 Å². The molecule has 17 heavy (non-hydrogen) atoms. The van der Waals surface area contributed by atoms with E-state index in [4.69, 9.17) is 4.74 Å². The zero-order chi connectivity index (χ0) is 12.1. The maximum Gasteiger partial charge on any atom is 0.131 e. The molecule has 0 radical (unpaired) electrons. The second-order valence-electron chi connectivity index (χ2n) is 4.62. The second kappa shape index (κ2) is 5.31. The smallest absolute Gasteiger partial charge is 0.131 e. The Bertz CT molecular complexity index is 363. The summed E-state index contributed by atoms with van der Waals surface area (Å²) in [5.74, 6) is 1.74.